The van der Waals surface area contributed by atoms with E-state index in [9.17, 15) is 9.90 Å². The van der Waals surface area contributed by atoms with Crippen molar-refractivity contribution >= 4 is 22.7 Å². The maximum absolute atomic E-state index is 12.6. The van der Waals surface area contributed by atoms with Gasteiger partial charge in [0, 0.05) is 39.6 Å². The average Bonchev–Trinajstić information content (AvgIpc) is 2.56. The number of carbonyl (C=O) groups is 1. The lowest BCUT2D eigenvalue weighted by molar-refractivity contribution is -0.116. The Bertz CT molecular complexity index is 787. The quantitative estimate of drug-likeness (QED) is 0.936. The van der Waals surface area contributed by atoms with E-state index in [4.69, 9.17) is 0 Å². The fourth-order valence-electron chi connectivity index (χ4n) is 2.95. The Morgan fingerprint density at radius 1 is 0.792 bits per heavy atom. The number of carbonyl (C=O) groups excluding carboxylic acids is 1. The van der Waals surface area contributed by atoms with Gasteiger partial charge in [-0.3, -0.25) is 4.79 Å². The molecule has 0 amide bonds. The topological polar surface area (TPSA) is 43.8 Å². The van der Waals surface area contributed by atoms with Crippen molar-refractivity contribution in [1.82, 2.24) is 0 Å². The molecule has 0 spiro atoms. The van der Waals surface area contributed by atoms with Crippen LogP contribution in [0.15, 0.2) is 54.3 Å². The predicted octanol–water partition coefficient (Wildman–Crippen LogP) is 3.45. The first kappa shape index (κ1) is 16.1. The molecule has 0 aliphatic heterocycles. The number of Topliss-reactive ketones (excluding diaryl/α,β-unsaturated/α-hetero) is 1. The number of benzene rings is 2. The van der Waals surface area contributed by atoms with Crippen molar-refractivity contribution in [3.05, 3.63) is 65.4 Å². The molecule has 0 saturated heterocycles. The van der Waals surface area contributed by atoms with Gasteiger partial charge in [0.1, 0.15) is 11.7 Å². The second kappa shape index (κ2) is 6.04. The van der Waals surface area contributed by atoms with E-state index in [2.05, 4.69) is 0 Å². The molecule has 1 aliphatic carbocycles. The summed E-state index contributed by atoms with van der Waals surface area (Å²) in [6.07, 6.45) is 0. The first-order valence-corrected chi connectivity index (χ1v) is 7.92. The summed E-state index contributed by atoms with van der Waals surface area (Å²) in [4.78, 5) is 16.6. The summed E-state index contributed by atoms with van der Waals surface area (Å²) in [6.45, 7) is 0. The van der Waals surface area contributed by atoms with Gasteiger partial charge in [-0.1, -0.05) is 24.3 Å². The Labute approximate surface area is 142 Å². The Hall–Kier alpha value is -2.75. The zero-order chi connectivity index (χ0) is 17.4. The molecule has 2 aromatic carbocycles. The van der Waals surface area contributed by atoms with Crippen molar-refractivity contribution in [3.8, 4) is 0 Å². The van der Waals surface area contributed by atoms with Crippen LogP contribution in [0.1, 0.15) is 17.0 Å². The van der Waals surface area contributed by atoms with Gasteiger partial charge in [0.15, 0.2) is 5.78 Å². The molecule has 1 unspecified atom stereocenters. The summed E-state index contributed by atoms with van der Waals surface area (Å²) in [7, 11) is 7.87. The van der Waals surface area contributed by atoms with Crippen LogP contribution in [0.2, 0.25) is 0 Å². The van der Waals surface area contributed by atoms with Crippen molar-refractivity contribution in [2.75, 3.05) is 38.0 Å². The molecule has 0 saturated carbocycles. The average molecular weight is 322 g/mol. The molecule has 0 bridgehead atoms. The Balaban J connectivity index is 1.88. The second-order valence-electron chi connectivity index (χ2n) is 6.48. The highest BCUT2D eigenvalue weighted by molar-refractivity contribution is 6.31. The minimum absolute atomic E-state index is 0.0253. The third-order valence-corrected chi connectivity index (χ3v) is 4.45. The number of hydrogen-bond donors (Lipinski definition) is 1. The molecule has 2 aromatic rings. The van der Waals surface area contributed by atoms with Crippen LogP contribution in [0.3, 0.4) is 0 Å². The molecule has 4 nitrogen and oxygen atoms in total. The summed E-state index contributed by atoms with van der Waals surface area (Å²) in [5.74, 6) is -0.400. The summed E-state index contributed by atoms with van der Waals surface area (Å²) in [6, 6.07) is 15.4. The number of allylic oxidation sites excluding steroid dienone is 2. The monoisotopic (exact) mass is 322 g/mol. The number of rotatable bonds is 4. The molecule has 24 heavy (non-hydrogen) atoms. The van der Waals surface area contributed by atoms with Crippen LogP contribution in [-0.4, -0.2) is 39.1 Å². The van der Waals surface area contributed by atoms with Crippen LogP contribution in [0.25, 0.3) is 5.57 Å². The second-order valence-corrected chi connectivity index (χ2v) is 6.48. The highest BCUT2D eigenvalue weighted by Crippen LogP contribution is 2.43. The van der Waals surface area contributed by atoms with Crippen LogP contribution < -0.4 is 9.80 Å². The minimum Gasteiger partial charge on any atom is -0.510 e. The Morgan fingerprint density at radius 3 is 1.67 bits per heavy atom. The lowest BCUT2D eigenvalue weighted by Gasteiger charge is -2.29. The van der Waals surface area contributed by atoms with Crippen LogP contribution in [0, 0.1) is 0 Å². The van der Waals surface area contributed by atoms with Crippen LogP contribution >= 0.6 is 0 Å². The molecule has 0 radical (unpaired) electrons. The number of aliphatic hydroxyl groups excluding tert-OH is 1. The number of ketones is 1. The van der Waals surface area contributed by atoms with Gasteiger partial charge in [-0.05, 0) is 35.4 Å². The molecular formula is C20H22N2O2. The van der Waals surface area contributed by atoms with Gasteiger partial charge in [0.05, 0.1) is 5.57 Å². The first-order chi connectivity index (χ1) is 11.4. The number of nitrogens with zero attached hydrogens (tertiary/aromatic N) is 2. The zero-order valence-electron chi connectivity index (χ0n) is 14.4. The number of anilines is 2. The summed E-state index contributed by atoms with van der Waals surface area (Å²) in [5, 5.41) is 10.4. The normalized spacial score (nSPS) is 16.8. The number of hydrogen-bond acceptors (Lipinski definition) is 4. The molecule has 124 valence electrons. The van der Waals surface area contributed by atoms with E-state index in [0.29, 0.717) is 5.57 Å². The molecular weight excluding hydrogens is 300 g/mol. The van der Waals surface area contributed by atoms with Gasteiger partial charge in [-0.25, -0.2) is 0 Å². The van der Waals surface area contributed by atoms with E-state index < -0.39 is 5.92 Å². The van der Waals surface area contributed by atoms with Crippen molar-refractivity contribution in [2.45, 2.75) is 5.92 Å². The van der Waals surface area contributed by atoms with Crippen molar-refractivity contribution in [1.29, 1.82) is 0 Å². The van der Waals surface area contributed by atoms with Gasteiger partial charge < -0.3 is 14.9 Å². The van der Waals surface area contributed by atoms with E-state index in [1.54, 1.807) is 0 Å². The highest BCUT2D eigenvalue weighted by Gasteiger charge is 2.41. The summed E-state index contributed by atoms with van der Waals surface area (Å²) < 4.78 is 0. The van der Waals surface area contributed by atoms with E-state index in [-0.39, 0.29) is 11.5 Å². The lowest BCUT2D eigenvalue weighted by atomic mass is 9.75. The SMILES string of the molecule is CN(C)c1ccc(C2=C(O)C(c3ccc(N(C)C)cc3)C2=O)cc1. The Kier molecular flexibility index (Phi) is 4.06. The van der Waals surface area contributed by atoms with E-state index in [0.717, 1.165) is 22.5 Å². The zero-order valence-corrected chi connectivity index (χ0v) is 14.4. The predicted molar refractivity (Wildman–Crippen MR) is 98.8 cm³/mol. The standard InChI is InChI=1S/C20H22N2O2/c1-21(2)15-9-5-13(6-10-15)17-19(23)18(20(17)24)14-7-11-16(12-8-14)22(3)4/h5-12,17,23H,1-4H3. The largest absolute Gasteiger partial charge is 0.510 e. The first-order valence-electron chi connectivity index (χ1n) is 7.92. The van der Waals surface area contributed by atoms with E-state index in [1.807, 2.05) is 86.5 Å². The Morgan fingerprint density at radius 2 is 1.25 bits per heavy atom. The van der Waals surface area contributed by atoms with Crippen LogP contribution in [-0.2, 0) is 4.79 Å². The van der Waals surface area contributed by atoms with Crippen LogP contribution in [0.5, 0.6) is 0 Å². The van der Waals surface area contributed by atoms with Crippen molar-refractivity contribution in [2.24, 2.45) is 0 Å². The van der Waals surface area contributed by atoms with E-state index >= 15 is 0 Å². The smallest absolute Gasteiger partial charge is 0.181 e. The van der Waals surface area contributed by atoms with Gasteiger partial charge in [0.2, 0.25) is 0 Å². The highest BCUT2D eigenvalue weighted by atomic mass is 16.3. The molecule has 1 atom stereocenters. The van der Waals surface area contributed by atoms with E-state index in [1.165, 1.54) is 0 Å². The third kappa shape index (κ3) is 2.64. The van der Waals surface area contributed by atoms with Gasteiger partial charge in [-0.2, -0.15) is 0 Å². The van der Waals surface area contributed by atoms with Gasteiger partial charge >= 0.3 is 0 Å². The molecule has 3 rings (SSSR count). The van der Waals surface area contributed by atoms with Crippen LogP contribution in [0.4, 0.5) is 11.4 Å². The molecule has 1 aliphatic rings. The molecule has 0 heterocycles. The third-order valence-electron chi connectivity index (χ3n) is 4.45. The van der Waals surface area contributed by atoms with Gasteiger partial charge in [-0.15, -0.1) is 0 Å². The summed E-state index contributed by atoms with van der Waals surface area (Å²) in [5.41, 5.74) is 4.15. The van der Waals surface area contributed by atoms with Crippen molar-refractivity contribution in [3.63, 3.8) is 0 Å². The number of aliphatic hydroxyl groups is 1. The fourth-order valence-corrected chi connectivity index (χ4v) is 2.95. The molecule has 0 fully saturated rings. The molecule has 4 heteroatoms. The molecule has 0 aromatic heterocycles. The molecule has 1 N–H and O–H groups in total. The minimum atomic E-state index is -0.537. The maximum atomic E-state index is 12.6. The van der Waals surface area contributed by atoms with Crippen molar-refractivity contribution < 1.29 is 9.90 Å². The summed E-state index contributed by atoms with van der Waals surface area (Å²) >= 11 is 0. The fraction of sp³-hybridized carbons (Fsp3) is 0.250. The lowest BCUT2D eigenvalue weighted by Crippen LogP contribution is -2.28. The van der Waals surface area contributed by atoms with Gasteiger partial charge in [0.25, 0.3) is 0 Å². The maximum Gasteiger partial charge on any atom is 0.181 e.